The third kappa shape index (κ3) is 7.21. The maximum Gasteiger partial charge on any atom is 0.244 e. The summed E-state index contributed by atoms with van der Waals surface area (Å²) in [5, 5.41) is 3.09. The topological polar surface area (TPSA) is 86.8 Å². The summed E-state index contributed by atoms with van der Waals surface area (Å²) < 4.78 is 39.5. The van der Waals surface area contributed by atoms with Crippen LogP contribution in [0.1, 0.15) is 25.8 Å². The molecule has 0 heterocycles. The Morgan fingerprint density at radius 2 is 1.74 bits per heavy atom. The summed E-state index contributed by atoms with van der Waals surface area (Å²) in [7, 11) is -3.97. The van der Waals surface area contributed by atoms with Gasteiger partial charge in [-0.05, 0) is 49.2 Å². The molecule has 1 N–H and O–H groups in total. The van der Waals surface area contributed by atoms with Gasteiger partial charge < -0.3 is 10.2 Å². The van der Waals surface area contributed by atoms with E-state index in [0.717, 1.165) is 22.7 Å². The van der Waals surface area contributed by atoms with Crippen LogP contribution in [0.25, 0.3) is 0 Å². The zero-order valence-electron chi connectivity index (χ0n) is 18.8. The second-order valence-electron chi connectivity index (χ2n) is 7.44. The van der Waals surface area contributed by atoms with Gasteiger partial charge in [-0.25, -0.2) is 12.8 Å². The van der Waals surface area contributed by atoms with E-state index in [4.69, 9.17) is 34.8 Å². The number of nitrogens with one attached hydrogen (secondary N) is 1. The van der Waals surface area contributed by atoms with Crippen LogP contribution in [0.15, 0.2) is 36.4 Å². The summed E-state index contributed by atoms with van der Waals surface area (Å²) in [6.45, 7) is 3.13. The molecule has 34 heavy (non-hydrogen) atoms. The predicted molar refractivity (Wildman–Crippen MR) is 133 cm³/mol. The maximum atomic E-state index is 13.6. The van der Waals surface area contributed by atoms with Crippen LogP contribution in [-0.4, -0.2) is 50.5 Å². The number of hydrogen-bond acceptors (Lipinski definition) is 4. The van der Waals surface area contributed by atoms with Crippen LogP contribution in [0.3, 0.4) is 0 Å². The zero-order chi connectivity index (χ0) is 25.6. The van der Waals surface area contributed by atoms with Gasteiger partial charge in [0.25, 0.3) is 0 Å². The van der Waals surface area contributed by atoms with E-state index in [1.807, 2.05) is 0 Å². The highest BCUT2D eigenvalue weighted by molar-refractivity contribution is 7.92. The first-order valence-electron chi connectivity index (χ1n) is 10.3. The van der Waals surface area contributed by atoms with Crippen molar-refractivity contribution in [3.05, 3.63) is 62.8 Å². The Hall–Kier alpha value is -2.07. The van der Waals surface area contributed by atoms with Gasteiger partial charge in [-0.15, -0.1) is 0 Å². The molecule has 0 unspecified atom stereocenters. The summed E-state index contributed by atoms with van der Waals surface area (Å²) in [6.07, 6.45) is 1.18. The van der Waals surface area contributed by atoms with Crippen LogP contribution in [-0.2, 0) is 26.2 Å². The van der Waals surface area contributed by atoms with Crippen LogP contribution in [0.5, 0.6) is 0 Å². The van der Waals surface area contributed by atoms with E-state index < -0.39 is 34.3 Å². The predicted octanol–water partition coefficient (Wildman–Crippen LogP) is 4.50. The number of carbonyl (C=O) groups excluding carboxylic acids is 2. The molecule has 0 aliphatic carbocycles. The number of anilines is 1. The Labute approximate surface area is 213 Å². The van der Waals surface area contributed by atoms with Gasteiger partial charge in [0, 0.05) is 23.1 Å². The van der Waals surface area contributed by atoms with Crippen molar-refractivity contribution >= 4 is 62.3 Å². The third-order valence-electron chi connectivity index (χ3n) is 4.96. The first-order chi connectivity index (χ1) is 15.9. The van der Waals surface area contributed by atoms with Gasteiger partial charge in [0.2, 0.25) is 21.8 Å². The number of benzene rings is 2. The fourth-order valence-corrected chi connectivity index (χ4v) is 4.78. The molecule has 0 bridgehead atoms. The van der Waals surface area contributed by atoms with Gasteiger partial charge in [-0.1, -0.05) is 47.8 Å². The molecule has 0 aliphatic heterocycles. The number of likely N-dealkylation sites (N-methyl/N-ethyl adjacent to an activating group) is 1. The van der Waals surface area contributed by atoms with Crippen LogP contribution in [0.4, 0.5) is 10.1 Å². The standard InChI is InChI=1S/C22H25Cl3FN3O4S/c1-4-20(22(31)27-5-2)28(12-14-6-7-15(23)10-17(14)24)21(30)13-29(34(3,32)33)16-8-9-19(26)18(25)11-16/h6-11,20H,4-5,12-13H2,1-3H3,(H,27,31)/t20-/m1/s1. The molecule has 0 saturated heterocycles. The van der Waals surface area contributed by atoms with Crippen molar-refractivity contribution in [2.45, 2.75) is 32.9 Å². The first-order valence-corrected chi connectivity index (χ1v) is 13.3. The molecule has 2 aromatic carbocycles. The van der Waals surface area contributed by atoms with Crippen molar-refractivity contribution in [1.29, 1.82) is 0 Å². The van der Waals surface area contributed by atoms with E-state index in [0.29, 0.717) is 22.2 Å². The Kier molecular flexibility index (Phi) is 9.99. The lowest BCUT2D eigenvalue weighted by Crippen LogP contribution is -2.52. The molecule has 2 rings (SSSR count). The molecule has 0 spiro atoms. The lowest BCUT2D eigenvalue weighted by molar-refractivity contribution is -0.140. The lowest BCUT2D eigenvalue weighted by atomic mass is 10.1. The van der Waals surface area contributed by atoms with Crippen molar-refractivity contribution in [3.8, 4) is 0 Å². The van der Waals surface area contributed by atoms with Gasteiger partial charge >= 0.3 is 0 Å². The molecular formula is C22H25Cl3FN3O4S. The lowest BCUT2D eigenvalue weighted by Gasteiger charge is -2.33. The number of nitrogens with zero attached hydrogens (tertiary/aromatic N) is 2. The van der Waals surface area contributed by atoms with E-state index >= 15 is 0 Å². The Morgan fingerprint density at radius 1 is 1.06 bits per heavy atom. The Morgan fingerprint density at radius 3 is 2.26 bits per heavy atom. The molecule has 186 valence electrons. The van der Waals surface area contributed by atoms with Gasteiger partial charge in [0.1, 0.15) is 18.4 Å². The minimum Gasteiger partial charge on any atom is -0.355 e. The van der Waals surface area contributed by atoms with Crippen LogP contribution < -0.4 is 9.62 Å². The smallest absolute Gasteiger partial charge is 0.244 e. The summed E-state index contributed by atoms with van der Waals surface area (Å²) >= 11 is 18.1. The van der Waals surface area contributed by atoms with Gasteiger partial charge in [0.05, 0.1) is 17.0 Å². The van der Waals surface area contributed by atoms with Crippen molar-refractivity contribution in [2.75, 3.05) is 23.7 Å². The average Bonchev–Trinajstić information content (AvgIpc) is 2.74. The summed E-state index contributed by atoms with van der Waals surface area (Å²) in [5.74, 6) is -1.78. The fraction of sp³-hybridized carbons (Fsp3) is 0.364. The number of rotatable bonds is 10. The minimum absolute atomic E-state index is 0.0118. The fourth-order valence-electron chi connectivity index (χ4n) is 3.30. The molecule has 0 aromatic heterocycles. The third-order valence-corrected chi connectivity index (χ3v) is 6.98. The quantitative estimate of drug-likeness (QED) is 0.470. The average molecular weight is 553 g/mol. The zero-order valence-corrected chi connectivity index (χ0v) is 21.9. The molecule has 0 aliphatic rings. The first kappa shape index (κ1) is 28.2. The molecule has 0 saturated carbocycles. The number of halogens is 4. The number of carbonyl (C=O) groups is 2. The maximum absolute atomic E-state index is 13.6. The van der Waals surface area contributed by atoms with Crippen molar-refractivity contribution in [1.82, 2.24) is 10.2 Å². The SMILES string of the molecule is CCNC(=O)[C@@H](CC)N(Cc1ccc(Cl)cc1Cl)C(=O)CN(c1ccc(F)c(Cl)c1)S(C)(=O)=O. The number of hydrogen-bond donors (Lipinski definition) is 1. The van der Waals surface area contributed by atoms with E-state index in [1.165, 1.54) is 17.0 Å². The van der Waals surface area contributed by atoms with Gasteiger partial charge in [-0.3, -0.25) is 13.9 Å². The van der Waals surface area contributed by atoms with Crippen LogP contribution >= 0.6 is 34.8 Å². The number of sulfonamides is 1. The monoisotopic (exact) mass is 551 g/mol. The molecule has 2 aromatic rings. The van der Waals surface area contributed by atoms with Gasteiger partial charge in [0.15, 0.2) is 0 Å². The highest BCUT2D eigenvalue weighted by Gasteiger charge is 2.32. The molecule has 12 heteroatoms. The van der Waals surface area contributed by atoms with Crippen molar-refractivity contribution in [3.63, 3.8) is 0 Å². The molecular weight excluding hydrogens is 528 g/mol. The van der Waals surface area contributed by atoms with Crippen LogP contribution in [0, 0.1) is 5.82 Å². The molecule has 2 amide bonds. The molecule has 1 atom stereocenters. The van der Waals surface area contributed by atoms with E-state index in [-0.39, 0.29) is 29.6 Å². The van der Waals surface area contributed by atoms with Crippen molar-refractivity contribution in [2.24, 2.45) is 0 Å². The van der Waals surface area contributed by atoms with Gasteiger partial charge in [-0.2, -0.15) is 0 Å². The highest BCUT2D eigenvalue weighted by Crippen LogP contribution is 2.26. The summed E-state index contributed by atoms with van der Waals surface area (Å²) in [6, 6.07) is 7.18. The summed E-state index contributed by atoms with van der Waals surface area (Å²) in [4.78, 5) is 27.5. The largest absolute Gasteiger partial charge is 0.355 e. The Bertz CT molecular complexity index is 1160. The molecule has 7 nitrogen and oxygen atoms in total. The molecule has 0 radical (unpaired) electrons. The van der Waals surface area contributed by atoms with E-state index in [1.54, 1.807) is 26.0 Å². The normalized spacial score (nSPS) is 12.2. The van der Waals surface area contributed by atoms with E-state index in [2.05, 4.69) is 5.32 Å². The highest BCUT2D eigenvalue weighted by atomic mass is 35.5. The number of amides is 2. The second-order valence-corrected chi connectivity index (χ2v) is 10.6. The van der Waals surface area contributed by atoms with E-state index in [9.17, 15) is 22.4 Å². The second kappa shape index (κ2) is 12.1. The molecule has 0 fully saturated rings. The van der Waals surface area contributed by atoms with Crippen LogP contribution in [0.2, 0.25) is 15.1 Å². The van der Waals surface area contributed by atoms with Crippen molar-refractivity contribution < 1.29 is 22.4 Å². The minimum atomic E-state index is -3.97. The Balaban J connectivity index is 2.48. The summed E-state index contributed by atoms with van der Waals surface area (Å²) in [5.41, 5.74) is 0.538.